The van der Waals surface area contributed by atoms with E-state index in [1.807, 2.05) is 13.0 Å². The Morgan fingerprint density at radius 1 is 1.25 bits per heavy atom. The smallest absolute Gasteiger partial charge is 0.412 e. The minimum Gasteiger partial charge on any atom is -0.495 e. The summed E-state index contributed by atoms with van der Waals surface area (Å²) in [7, 11) is 4.49. The van der Waals surface area contributed by atoms with Crippen LogP contribution in [0.15, 0.2) is 72.3 Å². The van der Waals surface area contributed by atoms with Crippen LogP contribution in [0.25, 0.3) is 6.08 Å². The van der Waals surface area contributed by atoms with Crippen molar-refractivity contribution in [3.63, 3.8) is 0 Å². The first-order chi connectivity index (χ1) is 26.1. The number of hydrogen-bond donors (Lipinski definition) is 4. The van der Waals surface area contributed by atoms with Gasteiger partial charge < -0.3 is 39.4 Å². The zero-order chi connectivity index (χ0) is 40.2. The number of nitrogens with two attached hydrogens (primary N) is 1. The van der Waals surface area contributed by atoms with Crippen LogP contribution in [0.5, 0.6) is 5.75 Å². The number of nitrogens with zero attached hydrogens (tertiary/aromatic N) is 2. The van der Waals surface area contributed by atoms with E-state index in [0.29, 0.717) is 40.5 Å². The number of methoxy groups -OCH3 is 2. The molecular formula is C40H48ClN5O9. The summed E-state index contributed by atoms with van der Waals surface area (Å²) >= 11 is 6.77. The summed E-state index contributed by atoms with van der Waals surface area (Å²) in [5.41, 5.74) is 6.65. The van der Waals surface area contributed by atoms with Gasteiger partial charge in [-0.15, -0.1) is 0 Å². The van der Waals surface area contributed by atoms with Gasteiger partial charge in [0.05, 0.1) is 42.4 Å². The summed E-state index contributed by atoms with van der Waals surface area (Å²) in [6.07, 6.45) is 4.37. The van der Waals surface area contributed by atoms with E-state index in [1.165, 1.54) is 37.5 Å². The number of ether oxygens (including phenoxy) is 5. The van der Waals surface area contributed by atoms with Crippen LogP contribution in [0, 0.1) is 5.92 Å². The van der Waals surface area contributed by atoms with Crippen molar-refractivity contribution in [3.05, 3.63) is 83.5 Å². The van der Waals surface area contributed by atoms with E-state index < -0.39 is 59.8 Å². The molecule has 55 heavy (non-hydrogen) atoms. The lowest BCUT2D eigenvalue weighted by atomic mass is 9.83. The van der Waals surface area contributed by atoms with Gasteiger partial charge in [-0.2, -0.15) is 0 Å². The number of carbonyl (C=O) groups is 3. The highest BCUT2D eigenvalue weighted by Crippen LogP contribution is 2.49. The zero-order valence-corrected chi connectivity index (χ0v) is 32.5. The number of amides is 3. The molecule has 7 atom stereocenters. The summed E-state index contributed by atoms with van der Waals surface area (Å²) in [4.78, 5) is 46.5. The Labute approximate surface area is 325 Å². The summed E-state index contributed by atoms with van der Waals surface area (Å²) in [5.74, 6) is -0.619. The molecule has 5 N–H and O–H groups in total. The molecule has 294 valence electrons. The Hall–Kier alpha value is -5.15. The number of nitrogens with one attached hydrogen (secondary N) is 2. The molecule has 2 aromatic carbocycles. The van der Waals surface area contributed by atoms with Gasteiger partial charge in [-0.05, 0) is 50.1 Å². The van der Waals surface area contributed by atoms with Crippen LogP contribution >= 0.6 is 11.6 Å². The van der Waals surface area contributed by atoms with Gasteiger partial charge in [0.25, 0.3) is 0 Å². The number of fused-ring (bicyclic) bond motifs is 5. The third kappa shape index (κ3) is 8.73. The van der Waals surface area contributed by atoms with Crippen molar-refractivity contribution in [1.29, 1.82) is 0 Å². The Morgan fingerprint density at radius 3 is 2.67 bits per heavy atom. The number of aliphatic imine (C=N–C) groups is 1. The number of anilines is 3. The van der Waals surface area contributed by atoms with Gasteiger partial charge in [-0.1, -0.05) is 67.6 Å². The highest BCUT2D eigenvalue weighted by atomic mass is 35.5. The first-order valence-electron chi connectivity index (χ1n) is 17.6. The van der Waals surface area contributed by atoms with Crippen molar-refractivity contribution in [3.8, 4) is 5.75 Å². The molecular weight excluding hydrogens is 730 g/mol. The van der Waals surface area contributed by atoms with Crippen molar-refractivity contribution in [2.75, 3.05) is 37.2 Å². The van der Waals surface area contributed by atoms with Crippen molar-refractivity contribution in [2.24, 2.45) is 10.9 Å². The van der Waals surface area contributed by atoms with Crippen molar-refractivity contribution in [2.45, 2.75) is 75.8 Å². The van der Waals surface area contributed by atoms with Crippen molar-refractivity contribution in [1.82, 2.24) is 5.32 Å². The fourth-order valence-corrected chi connectivity index (χ4v) is 7.40. The van der Waals surface area contributed by atoms with Crippen LogP contribution in [0.2, 0.25) is 5.02 Å². The van der Waals surface area contributed by atoms with Crippen molar-refractivity contribution >= 4 is 64.7 Å². The monoisotopic (exact) mass is 777 g/mol. The van der Waals surface area contributed by atoms with Crippen LogP contribution in [0.3, 0.4) is 0 Å². The second kappa shape index (κ2) is 16.7. The molecule has 3 amide bonds. The molecule has 3 aliphatic heterocycles. The molecule has 0 radical (unpaired) electrons. The third-order valence-corrected chi connectivity index (χ3v) is 10.6. The molecule has 0 aromatic heterocycles. The molecule has 3 heterocycles. The fourth-order valence-electron chi connectivity index (χ4n) is 7.09. The summed E-state index contributed by atoms with van der Waals surface area (Å²) in [6, 6.07) is 6.74. The number of aliphatic hydroxyl groups is 1. The van der Waals surface area contributed by atoms with Crippen LogP contribution in [0.1, 0.15) is 44.7 Å². The topological polar surface area (TPSA) is 187 Å². The lowest BCUT2D eigenvalue weighted by Gasteiger charge is -2.42. The molecule has 0 saturated carbocycles. The predicted molar refractivity (Wildman–Crippen MR) is 212 cm³/mol. The van der Waals surface area contributed by atoms with E-state index in [4.69, 9.17) is 41.0 Å². The lowest BCUT2D eigenvalue weighted by molar-refractivity contribution is -0.142. The molecule has 14 nitrogen and oxygen atoms in total. The number of alkyl carbamates (subject to hydrolysis) is 1. The number of rotatable bonds is 7. The lowest BCUT2D eigenvalue weighted by Crippen LogP contribution is -2.63. The predicted octanol–water partition coefficient (Wildman–Crippen LogP) is 6.49. The maximum Gasteiger partial charge on any atom is 0.412 e. The maximum atomic E-state index is 14.2. The minimum atomic E-state index is -1.83. The normalized spacial score (nSPS) is 29.9. The van der Waals surface area contributed by atoms with E-state index in [9.17, 15) is 19.5 Å². The average Bonchev–Trinajstić information content (AvgIpc) is 3.84. The highest BCUT2D eigenvalue weighted by molar-refractivity contribution is 6.35. The van der Waals surface area contributed by atoms with Gasteiger partial charge in [0.15, 0.2) is 5.72 Å². The maximum absolute atomic E-state index is 14.2. The number of hydrogen-bond acceptors (Lipinski definition) is 11. The number of benzene rings is 2. The standard InChI is InChI=1S/C40H48ClN5O9/c1-9-16-43-35-25(10-2)27(15-14-26(35)42)44-37(48)54-32-20-33(47)46(6)28-18-24(19-29(51-7)34(28)41)17-22(3)12-11-13-31(52-8)40(50)21-30(53-38(49)45-40)23(4)36-39(32,5)55-36/h9-16,18-19,23,30-32,36,50H,1-2,17,20-21,42H2,3-8H3,(H,44,48)(H,45,49)/b13-11+,22-12+,43-16?/t23-,30+,31-,32+,36+,39+,40+/m1/s1. The summed E-state index contributed by atoms with van der Waals surface area (Å²) < 4.78 is 29.2. The van der Waals surface area contributed by atoms with Crippen LogP contribution in [-0.4, -0.2) is 86.4 Å². The Balaban J connectivity index is 1.55. The quantitative estimate of drug-likeness (QED) is 0.138. The first kappa shape index (κ1) is 41.0. The Bertz CT molecular complexity index is 1950. The fraction of sp³-hybridized carbons (Fsp3) is 0.400. The van der Waals surface area contributed by atoms with Gasteiger partial charge in [0, 0.05) is 38.3 Å². The molecule has 0 spiro atoms. The molecule has 2 saturated heterocycles. The van der Waals surface area contributed by atoms with Gasteiger partial charge in [-0.3, -0.25) is 20.4 Å². The van der Waals surface area contributed by atoms with Crippen LogP contribution < -0.4 is 26.0 Å². The van der Waals surface area contributed by atoms with Gasteiger partial charge in [-0.25, -0.2) is 9.59 Å². The molecule has 2 fully saturated rings. The molecule has 0 unspecified atom stereocenters. The molecule has 0 aliphatic carbocycles. The van der Waals surface area contributed by atoms with Gasteiger partial charge >= 0.3 is 12.2 Å². The summed E-state index contributed by atoms with van der Waals surface area (Å²) in [5, 5.41) is 17.2. The average molecular weight is 778 g/mol. The van der Waals surface area contributed by atoms with Crippen LogP contribution in [-0.2, 0) is 30.2 Å². The first-order valence-corrected chi connectivity index (χ1v) is 18.0. The highest BCUT2D eigenvalue weighted by Gasteiger charge is 2.64. The van der Waals surface area contributed by atoms with E-state index in [1.54, 1.807) is 57.3 Å². The van der Waals surface area contributed by atoms with Gasteiger partial charge in [0.1, 0.15) is 34.7 Å². The molecule has 2 aromatic rings. The number of carbonyl (C=O) groups excluding carboxylic acids is 3. The number of allylic oxidation sites excluding steroid dienone is 4. The third-order valence-electron chi connectivity index (χ3n) is 10.2. The Morgan fingerprint density at radius 2 is 2.00 bits per heavy atom. The van der Waals surface area contributed by atoms with Crippen LogP contribution in [0.4, 0.5) is 32.3 Å². The van der Waals surface area contributed by atoms with E-state index >= 15 is 0 Å². The number of halogens is 1. The SMILES string of the molecule is C=CC=Nc1c(N)ccc(NC(=O)O[C@H]2CC(=O)N(C)c3cc(cc(OC)c3Cl)C/C(C)=C/C=C/[C@@H](OC)[C@@]3(O)C[C@H](OC(=O)N3)[C@@H](C)[C@@H]3O[C@@]23C)c1C=C. The van der Waals surface area contributed by atoms with Crippen molar-refractivity contribution < 1.29 is 43.2 Å². The zero-order valence-electron chi connectivity index (χ0n) is 31.8. The van der Waals surface area contributed by atoms with E-state index in [2.05, 4.69) is 28.8 Å². The minimum absolute atomic E-state index is 0.0582. The van der Waals surface area contributed by atoms with E-state index in [-0.39, 0.29) is 17.9 Å². The Kier molecular flexibility index (Phi) is 12.5. The molecule has 4 bridgehead atoms. The number of nitrogen functional groups attached to an aromatic ring is 1. The largest absolute Gasteiger partial charge is 0.495 e. The van der Waals surface area contributed by atoms with Gasteiger partial charge in [0.2, 0.25) is 5.91 Å². The molecule has 5 rings (SSSR count). The molecule has 15 heteroatoms. The summed E-state index contributed by atoms with van der Waals surface area (Å²) in [6.45, 7) is 12.9. The van der Waals surface area contributed by atoms with E-state index in [0.717, 1.165) is 11.1 Å². The second-order valence-corrected chi connectivity index (χ2v) is 14.4. The second-order valence-electron chi connectivity index (χ2n) is 14.0. The number of epoxide rings is 1. The molecule has 3 aliphatic rings.